The summed E-state index contributed by atoms with van der Waals surface area (Å²) < 4.78 is 28.0. The number of aliphatic carboxylic acids is 1. The van der Waals surface area contributed by atoms with Crippen LogP contribution in [0.1, 0.15) is 5.56 Å². The van der Waals surface area contributed by atoms with Crippen molar-refractivity contribution in [3.8, 4) is 0 Å². The number of carbonyl (C=O) groups excluding carboxylic acids is 1. The first kappa shape index (κ1) is 23.7. The Morgan fingerprint density at radius 3 is 2.41 bits per heavy atom. The van der Waals surface area contributed by atoms with Crippen molar-refractivity contribution < 1.29 is 43.4 Å². The summed E-state index contributed by atoms with van der Waals surface area (Å²) in [6, 6.07) is 7.78. The van der Waals surface area contributed by atoms with Gasteiger partial charge in [0.05, 0.1) is 33.0 Å². The van der Waals surface area contributed by atoms with Crippen LogP contribution in [0, 0.1) is 0 Å². The Bertz CT molecular complexity index is 789. The van der Waals surface area contributed by atoms with Gasteiger partial charge in [0.1, 0.15) is 31.0 Å². The van der Waals surface area contributed by atoms with Crippen molar-refractivity contribution in [2.24, 2.45) is 11.5 Å². The molecule has 0 aromatic heterocycles. The lowest BCUT2D eigenvalue weighted by molar-refractivity contribution is -0.464. The van der Waals surface area contributed by atoms with Crippen LogP contribution < -0.4 is 21.8 Å². The van der Waals surface area contributed by atoms with Gasteiger partial charge in [-0.15, -0.1) is 0 Å². The number of guanidine groups is 1. The zero-order valence-corrected chi connectivity index (χ0v) is 17.5. The predicted octanol–water partition coefficient (Wildman–Crippen LogP) is -2.71. The Balaban J connectivity index is 1.41. The Morgan fingerprint density at radius 1 is 1.12 bits per heavy atom. The molecule has 0 spiro atoms. The molecule has 0 radical (unpaired) electrons. The molecule has 0 aliphatic carbocycles. The SMILES string of the molecule is NC(N)=[NH+]CCO[C@H]1CO[C@H]2[C@@H]1OC[C@H]2OC[C@H](NC(=O)OCc1ccccc1)C(=O)O. The Morgan fingerprint density at radius 2 is 1.78 bits per heavy atom. The largest absolute Gasteiger partial charge is 0.480 e. The molecule has 5 atom stereocenters. The van der Waals surface area contributed by atoms with E-state index in [1.807, 2.05) is 18.2 Å². The summed E-state index contributed by atoms with van der Waals surface area (Å²) >= 11 is 0. The smallest absolute Gasteiger partial charge is 0.408 e. The van der Waals surface area contributed by atoms with Crippen molar-refractivity contribution in [1.82, 2.24) is 5.32 Å². The number of hydrogen-bond acceptors (Lipinski definition) is 7. The number of carboxylic acid groups (broad SMARTS) is 1. The molecule has 1 aromatic carbocycles. The third-order valence-electron chi connectivity index (χ3n) is 5.01. The Labute approximate surface area is 184 Å². The second-order valence-electron chi connectivity index (χ2n) is 7.36. The number of benzene rings is 1. The van der Waals surface area contributed by atoms with E-state index in [0.29, 0.717) is 19.8 Å². The first-order valence-corrected chi connectivity index (χ1v) is 10.2. The zero-order valence-electron chi connectivity index (χ0n) is 17.5. The molecular formula is C20H29N4O8+. The summed E-state index contributed by atoms with van der Waals surface area (Å²) in [6.45, 7) is 1.12. The molecule has 0 bridgehead atoms. The van der Waals surface area contributed by atoms with E-state index in [2.05, 4.69) is 10.3 Å². The topological polar surface area (TPSA) is 179 Å². The summed E-state index contributed by atoms with van der Waals surface area (Å²) in [6.07, 6.45) is -2.33. The summed E-state index contributed by atoms with van der Waals surface area (Å²) in [5, 5.41) is 11.7. The molecule has 0 saturated carbocycles. The van der Waals surface area contributed by atoms with E-state index in [0.717, 1.165) is 5.56 Å². The summed E-state index contributed by atoms with van der Waals surface area (Å²) in [5.74, 6) is -1.13. The third-order valence-corrected chi connectivity index (χ3v) is 5.01. The van der Waals surface area contributed by atoms with Gasteiger partial charge < -0.3 is 34.1 Å². The molecule has 1 aromatic rings. The van der Waals surface area contributed by atoms with Crippen molar-refractivity contribution in [2.45, 2.75) is 37.1 Å². The highest BCUT2D eigenvalue weighted by Crippen LogP contribution is 2.30. The van der Waals surface area contributed by atoms with E-state index in [1.54, 1.807) is 12.1 Å². The van der Waals surface area contributed by atoms with E-state index in [9.17, 15) is 14.7 Å². The molecule has 2 aliphatic heterocycles. The standard InChI is InChI=1S/C20H28N4O8/c21-19(22)23-6-7-28-14-10-30-17-15(11-31-16(14)17)29-9-13(18(25)26)24-20(27)32-8-12-4-2-1-3-5-12/h1-5,13-17H,6-11H2,(H,24,27)(H,25,26)(H4,21,22,23)/p+1/t13-,14-,15+,16+,17+/m0/s1. The average Bonchev–Trinajstić information content (AvgIpc) is 3.36. The maximum Gasteiger partial charge on any atom is 0.408 e. The Kier molecular flexibility index (Phi) is 8.62. The zero-order chi connectivity index (χ0) is 22.9. The van der Waals surface area contributed by atoms with Crippen molar-refractivity contribution in [2.75, 3.05) is 33.0 Å². The second kappa shape index (κ2) is 11.6. The predicted molar refractivity (Wildman–Crippen MR) is 109 cm³/mol. The first-order chi connectivity index (χ1) is 15.4. The van der Waals surface area contributed by atoms with Crippen molar-refractivity contribution in [3.05, 3.63) is 35.9 Å². The molecular weight excluding hydrogens is 424 g/mol. The van der Waals surface area contributed by atoms with Crippen LogP contribution in [-0.2, 0) is 35.1 Å². The van der Waals surface area contributed by atoms with Gasteiger partial charge in [0.25, 0.3) is 0 Å². The van der Waals surface area contributed by atoms with E-state index < -0.39 is 30.3 Å². The van der Waals surface area contributed by atoms with Crippen LogP contribution in [0.3, 0.4) is 0 Å². The van der Waals surface area contributed by atoms with Crippen molar-refractivity contribution >= 4 is 18.0 Å². The van der Waals surface area contributed by atoms with Crippen LogP contribution in [0.15, 0.2) is 30.3 Å². The van der Waals surface area contributed by atoms with Crippen LogP contribution in [-0.4, -0.2) is 86.6 Å². The van der Waals surface area contributed by atoms with Gasteiger partial charge in [-0.05, 0) is 5.56 Å². The minimum absolute atomic E-state index is 0.0285. The van der Waals surface area contributed by atoms with Gasteiger partial charge in [0.2, 0.25) is 0 Å². The number of nitrogens with one attached hydrogen (secondary N) is 2. The summed E-state index contributed by atoms with van der Waals surface area (Å²) in [5.41, 5.74) is 11.4. The molecule has 1 amide bonds. The van der Waals surface area contributed by atoms with Crippen molar-refractivity contribution in [1.29, 1.82) is 0 Å². The van der Waals surface area contributed by atoms with Crippen LogP contribution in [0.25, 0.3) is 0 Å². The van der Waals surface area contributed by atoms with E-state index >= 15 is 0 Å². The highest BCUT2D eigenvalue weighted by Gasteiger charge is 2.49. The molecule has 2 saturated heterocycles. The number of ether oxygens (including phenoxy) is 5. The van der Waals surface area contributed by atoms with Gasteiger partial charge in [0, 0.05) is 0 Å². The lowest BCUT2D eigenvalue weighted by atomic mass is 10.1. The summed E-state index contributed by atoms with van der Waals surface area (Å²) in [7, 11) is 0. The maximum atomic E-state index is 12.0. The van der Waals surface area contributed by atoms with Crippen LogP contribution >= 0.6 is 0 Å². The third kappa shape index (κ3) is 6.79. The number of hydrogen-bond donors (Lipinski definition) is 5. The molecule has 2 aliphatic rings. The molecule has 176 valence electrons. The second-order valence-corrected chi connectivity index (χ2v) is 7.36. The number of alkyl carbamates (subject to hydrolysis) is 1. The van der Waals surface area contributed by atoms with Gasteiger partial charge in [0.15, 0.2) is 6.04 Å². The molecule has 2 fully saturated rings. The number of carbonyl (C=O) groups is 2. The fraction of sp³-hybridized carbons (Fsp3) is 0.550. The first-order valence-electron chi connectivity index (χ1n) is 10.2. The van der Waals surface area contributed by atoms with Crippen LogP contribution in [0.2, 0.25) is 0 Å². The lowest BCUT2D eigenvalue weighted by Gasteiger charge is -2.20. The highest BCUT2D eigenvalue weighted by atomic mass is 16.6. The van der Waals surface area contributed by atoms with E-state index in [-0.39, 0.29) is 38.0 Å². The molecule has 12 nitrogen and oxygen atoms in total. The lowest BCUT2D eigenvalue weighted by Crippen LogP contribution is -2.79. The van der Waals surface area contributed by atoms with Gasteiger partial charge in [-0.3, -0.25) is 16.5 Å². The average molecular weight is 453 g/mol. The van der Waals surface area contributed by atoms with Gasteiger partial charge in [-0.25, -0.2) is 9.59 Å². The summed E-state index contributed by atoms with van der Waals surface area (Å²) in [4.78, 5) is 26.3. The molecule has 32 heavy (non-hydrogen) atoms. The maximum absolute atomic E-state index is 12.0. The van der Waals surface area contributed by atoms with Crippen LogP contribution in [0.5, 0.6) is 0 Å². The van der Waals surface area contributed by atoms with Gasteiger partial charge >= 0.3 is 18.0 Å². The number of rotatable bonds is 11. The van der Waals surface area contributed by atoms with E-state index in [4.69, 9.17) is 35.2 Å². The minimum Gasteiger partial charge on any atom is -0.480 e. The van der Waals surface area contributed by atoms with Crippen molar-refractivity contribution in [3.63, 3.8) is 0 Å². The highest BCUT2D eigenvalue weighted by molar-refractivity contribution is 5.80. The molecule has 0 unspecified atom stereocenters. The molecule has 2 heterocycles. The van der Waals surface area contributed by atoms with Crippen LogP contribution in [0.4, 0.5) is 4.79 Å². The van der Waals surface area contributed by atoms with E-state index in [1.165, 1.54) is 0 Å². The minimum atomic E-state index is -1.28. The Hall–Kier alpha value is -2.93. The number of amides is 1. The monoisotopic (exact) mass is 453 g/mol. The van der Waals surface area contributed by atoms with Gasteiger partial charge in [-0.2, -0.15) is 0 Å². The number of fused-ring (bicyclic) bond motifs is 1. The quantitative estimate of drug-likeness (QED) is 0.134. The molecule has 12 heteroatoms. The number of nitrogens with two attached hydrogens (primary N) is 2. The molecule has 3 rings (SSSR count). The molecule has 7 N–H and O–H groups in total. The fourth-order valence-electron chi connectivity index (χ4n) is 3.42. The number of carboxylic acids is 1. The van der Waals surface area contributed by atoms with Gasteiger partial charge in [-0.1, -0.05) is 30.3 Å². The normalized spacial score (nSPS) is 25.0. The fourth-order valence-corrected chi connectivity index (χ4v) is 3.42.